The summed E-state index contributed by atoms with van der Waals surface area (Å²) in [6.45, 7) is 3.97. The van der Waals surface area contributed by atoms with Crippen LogP contribution < -0.4 is 5.32 Å². The lowest BCUT2D eigenvalue weighted by Crippen LogP contribution is -2.72. The number of nitrogens with zero attached hydrogens (tertiary/aromatic N) is 2. The van der Waals surface area contributed by atoms with Crippen LogP contribution in [0.4, 0.5) is 0 Å². The van der Waals surface area contributed by atoms with Gasteiger partial charge in [0.05, 0.1) is 11.6 Å². The van der Waals surface area contributed by atoms with Gasteiger partial charge in [0.2, 0.25) is 17.7 Å². The third kappa shape index (κ3) is 1.94. The highest BCUT2D eigenvalue weighted by Gasteiger charge is 2.54. The van der Waals surface area contributed by atoms with E-state index in [2.05, 4.69) is 10.2 Å². The zero-order valence-electron chi connectivity index (χ0n) is 11.1. The van der Waals surface area contributed by atoms with Gasteiger partial charge in [0.15, 0.2) is 0 Å². The molecule has 0 aliphatic carbocycles. The number of nitrogens with one attached hydrogen (secondary N) is 1. The summed E-state index contributed by atoms with van der Waals surface area (Å²) in [5, 5.41) is 2.39. The second-order valence-electron chi connectivity index (χ2n) is 5.87. The Morgan fingerprint density at radius 3 is 2.74 bits per heavy atom. The molecule has 1 unspecified atom stereocenters. The Labute approximate surface area is 112 Å². The van der Waals surface area contributed by atoms with Crippen LogP contribution in [-0.4, -0.2) is 58.7 Å². The Morgan fingerprint density at radius 1 is 1.37 bits per heavy atom. The van der Waals surface area contributed by atoms with Crippen molar-refractivity contribution in [3.8, 4) is 0 Å². The van der Waals surface area contributed by atoms with E-state index >= 15 is 0 Å². The molecule has 1 spiro atoms. The molecule has 19 heavy (non-hydrogen) atoms. The fourth-order valence-corrected chi connectivity index (χ4v) is 3.72. The van der Waals surface area contributed by atoms with Crippen LogP contribution in [0.25, 0.3) is 0 Å². The standard InChI is InChI=1S/C13H19N3O3/c1-9(17)16-6-2-5-13(16)7-15(8-13)10-3-4-11(18)14-12(10)19/h10H,2-8H2,1H3,(H,14,18,19). The van der Waals surface area contributed by atoms with Crippen LogP contribution in [0.3, 0.4) is 0 Å². The summed E-state index contributed by atoms with van der Waals surface area (Å²) < 4.78 is 0. The highest BCUT2D eigenvalue weighted by molar-refractivity contribution is 6.00. The third-order valence-electron chi connectivity index (χ3n) is 4.62. The molecule has 0 aromatic rings. The SMILES string of the molecule is CC(=O)N1CCCC12CN(C1CCC(=O)NC1=O)C2. The van der Waals surface area contributed by atoms with E-state index in [1.165, 1.54) is 0 Å². The van der Waals surface area contributed by atoms with E-state index in [0.29, 0.717) is 12.8 Å². The third-order valence-corrected chi connectivity index (χ3v) is 4.62. The lowest BCUT2D eigenvalue weighted by molar-refractivity contribution is -0.148. The molecule has 0 bridgehead atoms. The second-order valence-corrected chi connectivity index (χ2v) is 5.87. The Bertz CT molecular complexity index is 442. The van der Waals surface area contributed by atoms with Crippen LogP contribution in [-0.2, 0) is 14.4 Å². The van der Waals surface area contributed by atoms with Crippen molar-refractivity contribution in [2.45, 2.75) is 44.2 Å². The van der Waals surface area contributed by atoms with Gasteiger partial charge >= 0.3 is 0 Å². The van der Waals surface area contributed by atoms with E-state index in [9.17, 15) is 14.4 Å². The fourth-order valence-electron chi connectivity index (χ4n) is 3.72. The molecule has 0 radical (unpaired) electrons. The van der Waals surface area contributed by atoms with Gasteiger partial charge in [0, 0.05) is 33.0 Å². The molecule has 3 heterocycles. The first-order valence-corrected chi connectivity index (χ1v) is 6.88. The summed E-state index contributed by atoms with van der Waals surface area (Å²) in [5.74, 6) is -0.235. The predicted molar refractivity (Wildman–Crippen MR) is 67.1 cm³/mol. The lowest BCUT2D eigenvalue weighted by atomic mass is 9.84. The van der Waals surface area contributed by atoms with Crippen molar-refractivity contribution in [1.82, 2.24) is 15.1 Å². The first-order valence-electron chi connectivity index (χ1n) is 6.88. The molecule has 6 nitrogen and oxygen atoms in total. The number of carbonyl (C=O) groups excluding carboxylic acids is 3. The zero-order valence-corrected chi connectivity index (χ0v) is 11.1. The number of rotatable bonds is 1. The molecule has 1 atom stereocenters. The molecule has 3 fully saturated rings. The molecule has 3 saturated heterocycles. The molecule has 6 heteroatoms. The average molecular weight is 265 g/mol. The molecule has 0 saturated carbocycles. The van der Waals surface area contributed by atoms with Crippen molar-refractivity contribution in [1.29, 1.82) is 0 Å². The number of hydrogen-bond acceptors (Lipinski definition) is 4. The first-order chi connectivity index (χ1) is 9.02. The molecule has 1 N–H and O–H groups in total. The Morgan fingerprint density at radius 2 is 2.11 bits per heavy atom. The number of amides is 3. The predicted octanol–water partition coefficient (Wildman–Crippen LogP) is -0.512. The second kappa shape index (κ2) is 4.30. The van der Waals surface area contributed by atoms with Gasteiger partial charge in [-0.05, 0) is 19.3 Å². The monoisotopic (exact) mass is 265 g/mol. The van der Waals surface area contributed by atoms with E-state index in [1.54, 1.807) is 6.92 Å². The van der Waals surface area contributed by atoms with E-state index in [1.807, 2.05) is 4.90 Å². The van der Waals surface area contributed by atoms with Gasteiger partial charge in [-0.2, -0.15) is 0 Å². The quantitative estimate of drug-likeness (QED) is 0.648. The Kier molecular flexibility index (Phi) is 2.85. The number of likely N-dealkylation sites (tertiary alicyclic amines) is 2. The summed E-state index contributed by atoms with van der Waals surface area (Å²) in [5.41, 5.74) is -0.0480. The summed E-state index contributed by atoms with van der Waals surface area (Å²) in [6, 6.07) is -0.197. The van der Waals surface area contributed by atoms with E-state index in [0.717, 1.165) is 32.5 Å². The van der Waals surface area contributed by atoms with Crippen molar-refractivity contribution in [2.75, 3.05) is 19.6 Å². The van der Waals surface area contributed by atoms with Crippen LogP contribution >= 0.6 is 0 Å². The van der Waals surface area contributed by atoms with Crippen molar-refractivity contribution in [3.05, 3.63) is 0 Å². The minimum atomic E-state index is -0.197. The molecular weight excluding hydrogens is 246 g/mol. The van der Waals surface area contributed by atoms with Gasteiger partial charge in [0.25, 0.3) is 0 Å². The highest BCUT2D eigenvalue weighted by Crippen LogP contribution is 2.39. The van der Waals surface area contributed by atoms with Crippen LogP contribution in [0, 0.1) is 0 Å². The zero-order chi connectivity index (χ0) is 13.6. The summed E-state index contributed by atoms with van der Waals surface area (Å²) in [4.78, 5) is 38.6. The average Bonchev–Trinajstić information content (AvgIpc) is 2.72. The Hall–Kier alpha value is -1.43. The largest absolute Gasteiger partial charge is 0.335 e. The molecule has 3 aliphatic rings. The van der Waals surface area contributed by atoms with Crippen LogP contribution in [0.5, 0.6) is 0 Å². The van der Waals surface area contributed by atoms with E-state index in [4.69, 9.17) is 0 Å². The number of imide groups is 1. The molecule has 3 amide bonds. The number of carbonyl (C=O) groups is 3. The van der Waals surface area contributed by atoms with E-state index in [-0.39, 0.29) is 29.3 Å². The van der Waals surface area contributed by atoms with Gasteiger partial charge in [0.1, 0.15) is 0 Å². The minimum Gasteiger partial charge on any atom is -0.335 e. The van der Waals surface area contributed by atoms with Crippen LogP contribution in [0.15, 0.2) is 0 Å². The smallest absolute Gasteiger partial charge is 0.243 e. The van der Waals surface area contributed by atoms with Crippen molar-refractivity contribution < 1.29 is 14.4 Å². The maximum absolute atomic E-state index is 11.8. The normalized spacial score (nSPS) is 30.4. The van der Waals surface area contributed by atoms with Gasteiger partial charge < -0.3 is 4.90 Å². The fraction of sp³-hybridized carbons (Fsp3) is 0.769. The van der Waals surface area contributed by atoms with Crippen LogP contribution in [0.1, 0.15) is 32.6 Å². The van der Waals surface area contributed by atoms with Gasteiger partial charge in [-0.15, -0.1) is 0 Å². The maximum Gasteiger partial charge on any atom is 0.243 e. The first kappa shape index (κ1) is 12.6. The lowest BCUT2D eigenvalue weighted by Gasteiger charge is -2.55. The van der Waals surface area contributed by atoms with Crippen molar-refractivity contribution >= 4 is 17.7 Å². The molecular formula is C13H19N3O3. The molecule has 3 aliphatic heterocycles. The van der Waals surface area contributed by atoms with Crippen molar-refractivity contribution in [2.24, 2.45) is 0 Å². The molecule has 104 valence electrons. The molecule has 0 aromatic carbocycles. The highest BCUT2D eigenvalue weighted by atomic mass is 16.2. The van der Waals surface area contributed by atoms with Gasteiger partial charge in [-0.3, -0.25) is 24.6 Å². The van der Waals surface area contributed by atoms with Crippen molar-refractivity contribution in [3.63, 3.8) is 0 Å². The summed E-state index contributed by atoms with van der Waals surface area (Å²) in [6.07, 6.45) is 3.08. The van der Waals surface area contributed by atoms with Crippen LogP contribution in [0.2, 0.25) is 0 Å². The summed E-state index contributed by atoms with van der Waals surface area (Å²) >= 11 is 0. The van der Waals surface area contributed by atoms with Gasteiger partial charge in [-0.25, -0.2) is 0 Å². The number of hydrogen-bond donors (Lipinski definition) is 1. The molecule has 0 aromatic heterocycles. The van der Waals surface area contributed by atoms with E-state index < -0.39 is 0 Å². The Balaban J connectivity index is 1.65. The topological polar surface area (TPSA) is 69.7 Å². The minimum absolute atomic E-state index is 0.0480. The number of piperidine rings is 1. The van der Waals surface area contributed by atoms with Gasteiger partial charge in [-0.1, -0.05) is 0 Å². The maximum atomic E-state index is 11.8. The molecule has 3 rings (SSSR count). The summed E-state index contributed by atoms with van der Waals surface area (Å²) in [7, 11) is 0.